The summed E-state index contributed by atoms with van der Waals surface area (Å²) in [5.41, 5.74) is 0.926. The fourth-order valence-corrected chi connectivity index (χ4v) is 2.87. The molecule has 1 aromatic carbocycles. The number of hydrogen-bond acceptors (Lipinski definition) is 4. The molecule has 0 aliphatic carbocycles. The maximum absolute atomic E-state index is 12.3. The van der Waals surface area contributed by atoms with Crippen LogP contribution >= 0.6 is 11.6 Å². The number of oxazole rings is 1. The number of nitrogens with one attached hydrogen (secondary N) is 1. The van der Waals surface area contributed by atoms with Gasteiger partial charge in [-0.2, -0.15) is 0 Å². The molecule has 1 aliphatic rings. The summed E-state index contributed by atoms with van der Waals surface area (Å²) in [5, 5.41) is 3.97. The molecule has 6 heteroatoms. The number of halogens is 1. The Morgan fingerprint density at radius 3 is 2.96 bits per heavy atom. The van der Waals surface area contributed by atoms with E-state index in [1.165, 1.54) is 0 Å². The fourth-order valence-electron chi connectivity index (χ4n) is 2.74. The van der Waals surface area contributed by atoms with E-state index in [0.29, 0.717) is 29.5 Å². The van der Waals surface area contributed by atoms with Crippen molar-refractivity contribution in [3.05, 3.63) is 41.4 Å². The van der Waals surface area contributed by atoms with Crippen LogP contribution in [0.1, 0.15) is 19.2 Å². The van der Waals surface area contributed by atoms with E-state index in [-0.39, 0.29) is 11.9 Å². The Labute approximate surface area is 140 Å². The number of aryl methyl sites for hydroxylation is 1. The Balaban J connectivity index is 1.58. The number of carbonyl (C=O) groups excluding carboxylic acids is 1. The van der Waals surface area contributed by atoms with Gasteiger partial charge in [0.1, 0.15) is 0 Å². The topological polar surface area (TPSA) is 58.4 Å². The van der Waals surface area contributed by atoms with Crippen LogP contribution in [-0.2, 0) is 11.2 Å². The summed E-state index contributed by atoms with van der Waals surface area (Å²) in [6.45, 7) is 4.54. The predicted octanol–water partition coefficient (Wildman–Crippen LogP) is 2.75. The standard InChI is InChI=1S/C17H20ClN3O2/c1-12-10-19-8-9-21(12)17(22)7-6-16-20-11-15(23-16)13-2-4-14(18)5-3-13/h2-5,11-12,19H,6-10H2,1H3/t12-/m0/s1. The molecule has 1 aromatic heterocycles. The van der Waals surface area contributed by atoms with Crippen LogP contribution < -0.4 is 5.32 Å². The van der Waals surface area contributed by atoms with Crippen LogP contribution in [0, 0.1) is 0 Å². The van der Waals surface area contributed by atoms with Crippen LogP contribution in [0.15, 0.2) is 34.9 Å². The Morgan fingerprint density at radius 2 is 2.22 bits per heavy atom. The number of piperazine rings is 1. The molecular weight excluding hydrogens is 314 g/mol. The molecule has 1 fully saturated rings. The van der Waals surface area contributed by atoms with E-state index in [1.807, 2.05) is 29.2 Å². The van der Waals surface area contributed by atoms with Gasteiger partial charge < -0.3 is 14.6 Å². The number of nitrogens with zero attached hydrogens (tertiary/aromatic N) is 2. The largest absolute Gasteiger partial charge is 0.441 e. The summed E-state index contributed by atoms with van der Waals surface area (Å²) < 4.78 is 5.74. The zero-order valence-electron chi connectivity index (χ0n) is 13.1. The third-order valence-corrected chi connectivity index (χ3v) is 4.31. The Morgan fingerprint density at radius 1 is 1.43 bits per heavy atom. The highest BCUT2D eigenvalue weighted by Gasteiger charge is 2.22. The summed E-state index contributed by atoms with van der Waals surface area (Å²) >= 11 is 5.88. The van der Waals surface area contributed by atoms with Crippen molar-refractivity contribution >= 4 is 17.5 Å². The van der Waals surface area contributed by atoms with Gasteiger partial charge in [0.25, 0.3) is 0 Å². The smallest absolute Gasteiger partial charge is 0.223 e. The van der Waals surface area contributed by atoms with Crippen molar-refractivity contribution in [3.63, 3.8) is 0 Å². The van der Waals surface area contributed by atoms with Gasteiger partial charge >= 0.3 is 0 Å². The highest BCUT2D eigenvalue weighted by atomic mass is 35.5. The summed E-state index contributed by atoms with van der Waals surface area (Å²) in [4.78, 5) is 18.5. The first-order valence-corrected chi connectivity index (χ1v) is 8.22. The van der Waals surface area contributed by atoms with Crippen molar-refractivity contribution in [1.82, 2.24) is 15.2 Å². The van der Waals surface area contributed by atoms with E-state index in [4.69, 9.17) is 16.0 Å². The minimum atomic E-state index is 0.158. The molecule has 122 valence electrons. The molecule has 0 spiro atoms. The molecule has 0 saturated carbocycles. The summed E-state index contributed by atoms with van der Waals surface area (Å²) in [6, 6.07) is 7.65. The van der Waals surface area contributed by atoms with Crippen LogP contribution in [0.2, 0.25) is 5.02 Å². The molecule has 1 N–H and O–H groups in total. The number of aromatic nitrogens is 1. The second-order valence-electron chi connectivity index (χ2n) is 5.77. The van der Waals surface area contributed by atoms with E-state index in [9.17, 15) is 4.79 Å². The highest BCUT2D eigenvalue weighted by Crippen LogP contribution is 2.22. The van der Waals surface area contributed by atoms with E-state index in [0.717, 1.165) is 25.2 Å². The Bertz CT molecular complexity index is 669. The molecular formula is C17H20ClN3O2. The molecule has 0 unspecified atom stereocenters. The van der Waals surface area contributed by atoms with Crippen molar-refractivity contribution < 1.29 is 9.21 Å². The van der Waals surface area contributed by atoms with Crippen molar-refractivity contribution in [2.75, 3.05) is 19.6 Å². The molecule has 2 aromatic rings. The quantitative estimate of drug-likeness (QED) is 0.934. The summed E-state index contributed by atoms with van der Waals surface area (Å²) in [6.07, 6.45) is 2.63. The first-order valence-electron chi connectivity index (χ1n) is 7.84. The maximum Gasteiger partial charge on any atom is 0.223 e. The van der Waals surface area contributed by atoms with Crippen molar-refractivity contribution in [2.24, 2.45) is 0 Å². The van der Waals surface area contributed by atoms with Gasteiger partial charge in [-0.25, -0.2) is 4.98 Å². The lowest BCUT2D eigenvalue weighted by Crippen LogP contribution is -2.52. The van der Waals surface area contributed by atoms with Gasteiger partial charge in [-0.1, -0.05) is 11.6 Å². The van der Waals surface area contributed by atoms with Crippen LogP contribution in [-0.4, -0.2) is 41.5 Å². The number of amides is 1. The first-order chi connectivity index (χ1) is 11.1. The third-order valence-electron chi connectivity index (χ3n) is 4.06. The van der Waals surface area contributed by atoms with E-state index >= 15 is 0 Å². The fraction of sp³-hybridized carbons (Fsp3) is 0.412. The van der Waals surface area contributed by atoms with Gasteiger partial charge in [0.05, 0.1) is 6.20 Å². The zero-order chi connectivity index (χ0) is 16.2. The normalized spacial score (nSPS) is 18.2. The Hall–Kier alpha value is -1.85. The van der Waals surface area contributed by atoms with Crippen LogP contribution in [0.5, 0.6) is 0 Å². The average Bonchev–Trinajstić information content (AvgIpc) is 3.03. The summed E-state index contributed by atoms with van der Waals surface area (Å²) in [5.74, 6) is 1.44. The maximum atomic E-state index is 12.3. The predicted molar refractivity (Wildman–Crippen MR) is 89.3 cm³/mol. The van der Waals surface area contributed by atoms with E-state index in [1.54, 1.807) is 6.20 Å². The first kappa shape index (κ1) is 16.0. The van der Waals surface area contributed by atoms with Crippen LogP contribution in [0.3, 0.4) is 0 Å². The lowest BCUT2D eigenvalue weighted by molar-refractivity contribution is -0.134. The number of rotatable bonds is 4. The van der Waals surface area contributed by atoms with Gasteiger partial charge in [-0.3, -0.25) is 4.79 Å². The molecule has 23 heavy (non-hydrogen) atoms. The number of hydrogen-bond donors (Lipinski definition) is 1. The second kappa shape index (κ2) is 7.15. The van der Waals surface area contributed by atoms with Crippen molar-refractivity contribution in [3.8, 4) is 11.3 Å². The number of carbonyl (C=O) groups is 1. The van der Waals surface area contributed by atoms with Gasteiger partial charge in [-0.05, 0) is 31.2 Å². The monoisotopic (exact) mass is 333 g/mol. The zero-order valence-corrected chi connectivity index (χ0v) is 13.8. The average molecular weight is 334 g/mol. The van der Waals surface area contributed by atoms with Gasteiger partial charge in [-0.15, -0.1) is 0 Å². The minimum Gasteiger partial charge on any atom is -0.441 e. The lowest BCUT2D eigenvalue weighted by atomic mass is 10.2. The Kier molecular flexibility index (Phi) is 4.98. The molecule has 0 bridgehead atoms. The minimum absolute atomic E-state index is 0.158. The van der Waals surface area contributed by atoms with E-state index in [2.05, 4.69) is 17.2 Å². The highest BCUT2D eigenvalue weighted by molar-refractivity contribution is 6.30. The lowest BCUT2D eigenvalue weighted by Gasteiger charge is -2.34. The molecule has 0 radical (unpaired) electrons. The van der Waals surface area contributed by atoms with Crippen LogP contribution in [0.4, 0.5) is 0 Å². The SMILES string of the molecule is C[C@H]1CNCCN1C(=O)CCc1ncc(-c2ccc(Cl)cc2)o1. The molecule has 1 atom stereocenters. The molecule has 1 amide bonds. The molecule has 2 heterocycles. The van der Waals surface area contributed by atoms with Gasteiger partial charge in [0.15, 0.2) is 11.7 Å². The van der Waals surface area contributed by atoms with Crippen molar-refractivity contribution in [1.29, 1.82) is 0 Å². The summed E-state index contributed by atoms with van der Waals surface area (Å²) in [7, 11) is 0. The van der Waals surface area contributed by atoms with Crippen molar-refractivity contribution in [2.45, 2.75) is 25.8 Å². The van der Waals surface area contributed by atoms with E-state index < -0.39 is 0 Å². The molecule has 1 saturated heterocycles. The van der Waals surface area contributed by atoms with Gasteiger partial charge in [0, 0.05) is 49.1 Å². The third kappa shape index (κ3) is 3.92. The van der Waals surface area contributed by atoms with Crippen LogP contribution in [0.25, 0.3) is 11.3 Å². The molecule has 3 rings (SSSR count). The molecule has 5 nitrogen and oxygen atoms in total. The molecule has 1 aliphatic heterocycles. The second-order valence-corrected chi connectivity index (χ2v) is 6.20. The number of benzene rings is 1. The van der Waals surface area contributed by atoms with Gasteiger partial charge in [0.2, 0.25) is 5.91 Å².